The summed E-state index contributed by atoms with van der Waals surface area (Å²) < 4.78 is 22.9. The number of oxazole rings is 1. The highest BCUT2D eigenvalue weighted by atomic mass is 32.2. The normalized spacial score (nSPS) is 12.1. The first-order valence-electron chi connectivity index (χ1n) is 6.47. The molecule has 0 saturated carbocycles. The van der Waals surface area contributed by atoms with E-state index >= 15 is 0 Å². The molecule has 0 aliphatic carbocycles. The largest absolute Gasteiger partial charge is 0.469 e. The molecule has 0 aliphatic heterocycles. The number of hydrogen-bond acceptors (Lipinski definition) is 5. The second-order valence-electron chi connectivity index (χ2n) is 4.55. The predicted molar refractivity (Wildman–Crippen MR) is 79.3 cm³/mol. The monoisotopic (exact) mass is 309 g/mol. The van der Waals surface area contributed by atoms with Crippen molar-refractivity contribution in [2.45, 2.75) is 24.3 Å². The van der Waals surface area contributed by atoms with Crippen LogP contribution in [0.1, 0.15) is 19.0 Å². The van der Waals surface area contributed by atoms with E-state index in [1.165, 1.54) is 19.2 Å². The Bertz CT molecular complexity index is 597. The van der Waals surface area contributed by atoms with Crippen LogP contribution in [-0.4, -0.2) is 23.3 Å². The Morgan fingerprint density at radius 2 is 2.14 bits per heavy atom. The van der Waals surface area contributed by atoms with Crippen LogP contribution in [0.3, 0.4) is 0 Å². The lowest BCUT2D eigenvalue weighted by Crippen LogP contribution is -2.08. The number of ether oxygens (including phenoxy) is 1. The lowest BCUT2D eigenvalue weighted by atomic mass is 10.2. The number of carbonyl (C=O) groups excluding carboxylic acids is 1. The highest BCUT2D eigenvalue weighted by Gasteiger charge is 2.12. The van der Waals surface area contributed by atoms with Crippen LogP contribution in [0.25, 0.3) is 11.5 Å². The number of halogens is 1. The quantitative estimate of drug-likeness (QED) is 0.762. The zero-order valence-corrected chi connectivity index (χ0v) is 12.7. The Balaban J connectivity index is 1.91. The maximum absolute atomic E-state index is 12.9. The van der Waals surface area contributed by atoms with E-state index in [-0.39, 0.29) is 17.0 Å². The lowest BCUT2D eigenvalue weighted by molar-refractivity contribution is -0.140. The first-order valence-corrected chi connectivity index (χ1v) is 7.52. The number of esters is 1. The van der Waals surface area contributed by atoms with Gasteiger partial charge in [-0.05, 0) is 24.3 Å². The maximum atomic E-state index is 12.9. The summed E-state index contributed by atoms with van der Waals surface area (Å²) in [5, 5.41) is 0.142. The number of thioether (sulfide) groups is 1. The molecule has 0 radical (unpaired) electrons. The lowest BCUT2D eigenvalue weighted by Gasteiger charge is -2.07. The van der Waals surface area contributed by atoms with E-state index in [0.29, 0.717) is 18.1 Å². The Hall–Kier alpha value is -1.82. The minimum Gasteiger partial charge on any atom is -0.469 e. The van der Waals surface area contributed by atoms with Gasteiger partial charge in [0.2, 0.25) is 5.89 Å². The van der Waals surface area contributed by atoms with Crippen molar-refractivity contribution in [1.29, 1.82) is 0 Å². The third-order valence-electron chi connectivity index (χ3n) is 2.84. The van der Waals surface area contributed by atoms with Crippen molar-refractivity contribution < 1.29 is 18.3 Å². The second kappa shape index (κ2) is 7.26. The van der Waals surface area contributed by atoms with Crippen molar-refractivity contribution in [3.63, 3.8) is 0 Å². The van der Waals surface area contributed by atoms with Gasteiger partial charge in [-0.3, -0.25) is 4.79 Å². The molecule has 0 spiro atoms. The smallest absolute Gasteiger partial charge is 0.306 e. The highest BCUT2D eigenvalue weighted by molar-refractivity contribution is 7.99. The Morgan fingerprint density at radius 3 is 2.81 bits per heavy atom. The molecule has 1 aromatic carbocycles. The highest BCUT2D eigenvalue weighted by Crippen LogP contribution is 2.23. The fraction of sp³-hybridized carbons (Fsp3) is 0.333. The minimum atomic E-state index is -0.294. The van der Waals surface area contributed by atoms with Crippen molar-refractivity contribution in [2.24, 2.45) is 0 Å². The molecule has 0 fully saturated rings. The molecule has 0 saturated heterocycles. The number of nitrogens with zero attached hydrogens (tertiary/aromatic N) is 1. The first-order chi connectivity index (χ1) is 10.1. The summed E-state index contributed by atoms with van der Waals surface area (Å²) >= 11 is 1.60. The van der Waals surface area contributed by atoms with Crippen molar-refractivity contribution in [1.82, 2.24) is 4.98 Å². The van der Waals surface area contributed by atoms with Crippen molar-refractivity contribution in [2.75, 3.05) is 7.11 Å². The zero-order chi connectivity index (χ0) is 15.2. The van der Waals surface area contributed by atoms with Gasteiger partial charge in [0.05, 0.1) is 19.2 Å². The van der Waals surface area contributed by atoms with Gasteiger partial charge in [0.25, 0.3) is 0 Å². The van der Waals surface area contributed by atoms with E-state index in [9.17, 15) is 9.18 Å². The van der Waals surface area contributed by atoms with E-state index in [1.807, 2.05) is 6.92 Å². The van der Waals surface area contributed by atoms with E-state index in [2.05, 4.69) is 9.72 Å². The molecule has 0 amide bonds. The zero-order valence-electron chi connectivity index (χ0n) is 11.8. The summed E-state index contributed by atoms with van der Waals surface area (Å²) in [7, 11) is 1.38. The molecule has 21 heavy (non-hydrogen) atoms. The average molecular weight is 309 g/mol. The standard InChI is InChI=1S/C15H16FNO3S/c1-10(7-14(18)19-2)21-9-13-8-20-15(17-13)11-3-5-12(16)6-4-11/h3-6,8,10H,7,9H2,1-2H3. The summed E-state index contributed by atoms with van der Waals surface area (Å²) in [5.74, 6) is 0.592. The van der Waals surface area contributed by atoms with Crippen molar-refractivity contribution in [3.05, 3.63) is 42.0 Å². The van der Waals surface area contributed by atoms with Crippen LogP contribution in [0.5, 0.6) is 0 Å². The van der Waals surface area contributed by atoms with Crippen LogP contribution in [0.15, 0.2) is 34.9 Å². The third-order valence-corrected chi connectivity index (χ3v) is 4.04. The van der Waals surface area contributed by atoms with Crippen LogP contribution in [0, 0.1) is 5.82 Å². The number of rotatable bonds is 6. The topological polar surface area (TPSA) is 52.3 Å². The van der Waals surface area contributed by atoms with E-state index in [1.54, 1.807) is 30.2 Å². The molecule has 2 rings (SSSR count). The molecule has 0 aliphatic rings. The van der Waals surface area contributed by atoms with Gasteiger partial charge in [-0.15, -0.1) is 0 Å². The molecular formula is C15H16FNO3S. The van der Waals surface area contributed by atoms with Gasteiger partial charge in [0.1, 0.15) is 12.1 Å². The molecule has 1 atom stereocenters. The summed E-state index contributed by atoms with van der Waals surface area (Å²) in [4.78, 5) is 15.5. The number of benzene rings is 1. The van der Waals surface area contributed by atoms with Crippen LogP contribution < -0.4 is 0 Å². The first kappa shape index (κ1) is 15.6. The van der Waals surface area contributed by atoms with Gasteiger partial charge in [-0.25, -0.2) is 9.37 Å². The molecule has 1 heterocycles. The van der Waals surface area contributed by atoms with Gasteiger partial charge >= 0.3 is 5.97 Å². The van der Waals surface area contributed by atoms with Crippen LogP contribution in [0.2, 0.25) is 0 Å². The van der Waals surface area contributed by atoms with Gasteiger partial charge in [0.15, 0.2) is 0 Å². The SMILES string of the molecule is COC(=O)CC(C)SCc1coc(-c2ccc(F)cc2)n1. The van der Waals surface area contributed by atoms with Crippen molar-refractivity contribution in [3.8, 4) is 11.5 Å². The summed E-state index contributed by atoms with van der Waals surface area (Å²) in [5.41, 5.74) is 1.52. The molecule has 6 heteroatoms. The Kier molecular flexibility index (Phi) is 5.38. The fourth-order valence-electron chi connectivity index (χ4n) is 1.70. The van der Waals surface area contributed by atoms with Gasteiger partial charge in [-0.1, -0.05) is 6.92 Å². The van der Waals surface area contributed by atoms with Gasteiger partial charge in [-0.2, -0.15) is 11.8 Å². The summed E-state index contributed by atoms with van der Waals surface area (Å²) in [6.45, 7) is 1.96. The van der Waals surface area contributed by atoms with Crippen molar-refractivity contribution >= 4 is 17.7 Å². The number of carbonyl (C=O) groups is 1. The van der Waals surface area contributed by atoms with Crippen LogP contribution >= 0.6 is 11.8 Å². The number of hydrogen-bond donors (Lipinski definition) is 0. The van der Waals surface area contributed by atoms with E-state index < -0.39 is 0 Å². The van der Waals surface area contributed by atoms with E-state index in [0.717, 1.165) is 11.3 Å². The Morgan fingerprint density at radius 1 is 1.43 bits per heavy atom. The molecule has 4 nitrogen and oxygen atoms in total. The number of methoxy groups -OCH3 is 1. The maximum Gasteiger partial charge on any atom is 0.306 e. The van der Waals surface area contributed by atoms with Gasteiger partial charge in [0, 0.05) is 16.6 Å². The fourth-order valence-corrected chi connectivity index (χ4v) is 2.54. The molecule has 2 aromatic rings. The van der Waals surface area contributed by atoms with E-state index in [4.69, 9.17) is 4.42 Å². The molecule has 0 N–H and O–H groups in total. The molecule has 1 unspecified atom stereocenters. The summed E-state index contributed by atoms with van der Waals surface area (Å²) in [6.07, 6.45) is 1.94. The molecule has 112 valence electrons. The van der Waals surface area contributed by atoms with Gasteiger partial charge < -0.3 is 9.15 Å². The Labute approximate surface area is 126 Å². The third kappa shape index (κ3) is 4.60. The molecule has 0 bridgehead atoms. The average Bonchev–Trinajstić information content (AvgIpc) is 2.94. The molecular weight excluding hydrogens is 293 g/mol. The van der Waals surface area contributed by atoms with Crippen LogP contribution in [0.4, 0.5) is 4.39 Å². The second-order valence-corrected chi connectivity index (χ2v) is 5.98. The predicted octanol–water partition coefficient (Wildman–Crippen LogP) is 3.67. The minimum absolute atomic E-state index is 0.142. The summed E-state index contributed by atoms with van der Waals surface area (Å²) in [6, 6.07) is 5.98. The van der Waals surface area contributed by atoms with Crippen LogP contribution in [-0.2, 0) is 15.3 Å². The number of aromatic nitrogens is 1. The molecule has 1 aromatic heterocycles.